The van der Waals surface area contributed by atoms with Gasteiger partial charge in [0, 0.05) is 17.7 Å². The van der Waals surface area contributed by atoms with Crippen molar-refractivity contribution in [2.24, 2.45) is 5.73 Å². The summed E-state index contributed by atoms with van der Waals surface area (Å²) in [5.41, 5.74) is 5.78. The van der Waals surface area contributed by atoms with Crippen molar-refractivity contribution >= 4 is 0 Å². The maximum atomic E-state index is 13.8. The van der Waals surface area contributed by atoms with Crippen LogP contribution in [0.1, 0.15) is 22.8 Å². The highest BCUT2D eigenvalue weighted by atomic mass is 19.1. The average Bonchev–Trinajstić information content (AvgIpc) is 2.27. The summed E-state index contributed by atoms with van der Waals surface area (Å²) >= 11 is 0. The van der Waals surface area contributed by atoms with Gasteiger partial charge in [-0.05, 0) is 19.4 Å². The molecule has 4 nitrogen and oxygen atoms in total. The lowest BCUT2D eigenvalue weighted by Crippen LogP contribution is -2.14. The van der Waals surface area contributed by atoms with Crippen LogP contribution in [0.4, 0.5) is 4.39 Å². The molecule has 1 unspecified atom stereocenters. The van der Waals surface area contributed by atoms with Crippen LogP contribution >= 0.6 is 0 Å². The number of hydrogen-bond donors (Lipinski definition) is 3. The van der Waals surface area contributed by atoms with Gasteiger partial charge in [-0.1, -0.05) is 0 Å². The first-order valence-corrected chi connectivity index (χ1v) is 4.89. The van der Waals surface area contributed by atoms with Crippen molar-refractivity contribution in [2.75, 3.05) is 13.7 Å². The Labute approximate surface area is 93.5 Å². The summed E-state index contributed by atoms with van der Waals surface area (Å²) in [6, 6.07) is 0. The van der Waals surface area contributed by atoms with Crippen molar-refractivity contribution in [1.82, 2.24) is 0 Å². The van der Waals surface area contributed by atoms with Crippen LogP contribution in [-0.4, -0.2) is 23.9 Å². The molecule has 1 rings (SSSR count). The van der Waals surface area contributed by atoms with Crippen molar-refractivity contribution < 1.29 is 19.3 Å². The lowest BCUT2D eigenvalue weighted by molar-refractivity contribution is 0.180. The van der Waals surface area contributed by atoms with Crippen molar-refractivity contribution in [3.8, 4) is 11.5 Å². The molecule has 0 aliphatic heterocycles. The third kappa shape index (κ3) is 1.83. The van der Waals surface area contributed by atoms with Gasteiger partial charge in [-0.25, -0.2) is 4.39 Å². The number of methoxy groups -OCH3 is 1. The van der Waals surface area contributed by atoms with Gasteiger partial charge in [0.15, 0.2) is 11.5 Å². The van der Waals surface area contributed by atoms with Crippen LogP contribution in [0.2, 0.25) is 0 Å². The molecule has 1 atom stereocenters. The highest BCUT2D eigenvalue weighted by molar-refractivity contribution is 5.55. The topological polar surface area (TPSA) is 75.7 Å². The molecule has 1 aromatic rings. The first-order valence-electron chi connectivity index (χ1n) is 4.89. The third-order valence-corrected chi connectivity index (χ3v) is 2.63. The Hall–Kier alpha value is -1.33. The van der Waals surface area contributed by atoms with Crippen molar-refractivity contribution in [1.29, 1.82) is 0 Å². The first kappa shape index (κ1) is 12.7. The average molecular weight is 229 g/mol. The van der Waals surface area contributed by atoms with E-state index in [4.69, 9.17) is 10.5 Å². The number of ether oxygens (including phenoxy) is 1. The van der Waals surface area contributed by atoms with Crippen LogP contribution in [0.25, 0.3) is 0 Å². The van der Waals surface area contributed by atoms with Gasteiger partial charge in [0.05, 0.1) is 13.2 Å². The van der Waals surface area contributed by atoms with E-state index in [0.29, 0.717) is 0 Å². The van der Waals surface area contributed by atoms with E-state index in [1.165, 1.54) is 21.0 Å². The van der Waals surface area contributed by atoms with E-state index in [2.05, 4.69) is 0 Å². The first-order chi connectivity index (χ1) is 7.45. The molecule has 16 heavy (non-hydrogen) atoms. The highest BCUT2D eigenvalue weighted by Crippen LogP contribution is 2.40. The predicted octanol–water partition coefficient (Wildman–Crippen LogP) is 1.15. The summed E-state index contributed by atoms with van der Waals surface area (Å²) in [5, 5.41) is 19.5. The van der Waals surface area contributed by atoms with E-state index in [0.717, 1.165) is 0 Å². The highest BCUT2D eigenvalue weighted by Gasteiger charge is 2.23. The Balaban J connectivity index is 3.55. The summed E-state index contributed by atoms with van der Waals surface area (Å²) in [4.78, 5) is 0. The van der Waals surface area contributed by atoms with Crippen LogP contribution in [-0.2, 0) is 0 Å². The van der Waals surface area contributed by atoms with E-state index < -0.39 is 11.9 Å². The predicted molar refractivity (Wildman–Crippen MR) is 58.1 cm³/mol. The van der Waals surface area contributed by atoms with Gasteiger partial charge in [-0.3, -0.25) is 0 Å². The van der Waals surface area contributed by atoms with Gasteiger partial charge in [-0.15, -0.1) is 0 Å². The van der Waals surface area contributed by atoms with Crippen LogP contribution in [0.3, 0.4) is 0 Å². The SMILES string of the molecule is COc1c(C)c(F)c(C)c(C(O)CN)c1O. The molecule has 0 fully saturated rings. The fourth-order valence-electron chi connectivity index (χ4n) is 1.75. The summed E-state index contributed by atoms with van der Waals surface area (Å²) in [6.07, 6.45) is -1.11. The molecule has 0 saturated heterocycles. The second-order valence-electron chi connectivity index (χ2n) is 3.61. The molecule has 90 valence electrons. The number of halogens is 1. The van der Waals surface area contributed by atoms with Gasteiger partial charge in [-0.2, -0.15) is 0 Å². The lowest BCUT2D eigenvalue weighted by atomic mass is 9.97. The molecule has 5 heteroatoms. The standard InChI is InChI=1S/C11H16FNO3/c1-5-8(7(14)4-13)10(15)11(16-3)6(2)9(5)12/h7,14-15H,4,13H2,1-3H3. The number of hydrogen-bond acceptors (Lipinski definition) is 4. The minimum atomic E-state index is -1.11. The minimum absolute atomic E-state index is 0.0330. The zero-order valence-corrected chi connectivity index (χ0v) is 9.54. The van der Waals surface area contributed by atoms with Crippen molar-refractivity contribution in [2.45, 2.75) is 20.0 Å². The molecule has 0 aliphatic carbocycles. The minimum Gasteiger partial charge on any atom is -0.504 e. The van der Waals surface area contributed by atoms with E-state index in [1.807, 2.05) is 0 Å². The second kappa shape index (κ2) is 4.67. The van der Waals surface area contributed by atoms with E-state index in [9.17, 15) is 14.6 Å². The quantitative estimate of drug-likeness (QED) is 0.726. The Morgan fingerprint density at radius 3 is 2.38 bits per heavy atom. The van der Waals surface area contributed by atoms with Crippen LogP contribution in [0.15, 0.2) is 0 Å². The normalized spacial score (nSPS) is 12.6. The van der Waals surface area contributed by atoms with Gasteiger partial charge in [0.25, 0.3) is 0 Å². The number of aliphatic hydroxyl groups is 1. The molecule has 0 spiro atoms. The molecule has 1 aromatic carbocycles. The van der Waals surface area contributed by atoms with Gasteiger partial charge in [0.2, 0.25) is 0 Å². The molecule has 0 heterocycles. The molecule has 0 aliphatic rings. The smallest absolute Gasteiger partial charge is 0.166 e. The number of benzene rings is 1. The van der Waals surface area contributed by atoms with E-state index in [1.54, 1.807) is 0 Å². The molecule has 0 aromatic heterocycles. The van der Waals surface area contributed by atoms with Crippen LogP contribution < -0.4 is 10.5 Å². The molecule has 0 saturated carbocycles. The van der Waals surface area contributed by atoms with Crippen molar-refractivity contribution in [3.05, 3.63) is 22.5 Å². The largest absolute Gasteiger partial charge is 0.504 e. The Kier molecular flexibility index (Phi) is 3.72. The molecular weight excluding hydrogens is 213 g/mol. The van der Waals surface area contributed by atoms with E-state index >= 15 is 0 Å². The molecule has 0 amide bonds. The van der Waals surface area contributed by atoms with Crippen LogP contribution in [0, 0.1) is 19.7 Å². The zero-order chi connectivity index (χ0) is 12.5. The maximum absolute atomic E-state index is 13.8. The summed E-state index contributed by atoms with van der Waals surface area (Å²) in [7, 11) is 1.33. The van der Waals surface area contributed by atoms with Crippen molar-refractivity contribution in [3.63, 3.8) is 0 Å². The maximum Gasteiger partial charge on any atom is 0.166 e. The number of rotatable bonds is 3. The summed E-state index contributed by atoms with van der Waals surface area (Å²) < 4.78 is 18.7. The van der Waals surface area contributed by atoms with E-state index in [-0.39, 0.29) is 34.7 Å². The number of phenols is 1. The monoisotopic (exact) mass is 229 g/mol. The van der Waals surface area contributed by atoms with Crippen LogP contribution in [0.5, 0.6) is 11.5 Å². The second-order valence-corrected chi connectivity index (χ2v) is 3.61. The molecular formula is C11H16FNO3. The Morgan fingerprint density at radius 2 is 1.94 bits per heavy atom. The lowest BCUT2D eigenvalue weighted by Gasteiger charge is -2.18. The fraction of sp³-hybridized carbons (Fsp3) is 0.455. The van der Waals surface area contributed by atoms with Gasteiger partial charge in [0.1, 0.15) is 5.82 Å². The summed E-state index contributed by atoms with van der Waals surface area (Å²) in [6.45, 7) is 2.88. The number of phenolic OH excluding ortho intramolecular Hbond substituents is 1. The number of nitrogens with two attached hydrogens (primary N) is 1. The van der Waals surface area contributed by atoms with Gasteiger partial charge >= 0.3 is 0 Å². The number of aromatic hydroxyl groups is 1. The third-order valence-electron chi connectivity index (χ3n) is 2.63. The molecule has 4 N–H and O–H groups in total. The fourth-order valence-corrected chi connectivity index (χ4v) is 1.75. The van der Waals surface area contributed by atoms with Gasteiger partial charge < -0.3 is 20.7 Å². The molecule has 0 radical (unpaired) electrons. The number of aliphatic hydroxyl groups excluding tert-OH is 1. The Morgan fingerprint density at radius 1 is 1.38 bits per heavy atom. The zero-order valence-electron chi connectivity index (χ0n) is 9.54. The summed E-state index contributed by atoms with van der Waals surface area (Å²) in [5.74, 6) is -0.723. The molecule has 0 bridgehead atoms. The Bertz CT molecular complexity index is 407.